The Kier molecular flexibility index (Phi) is 6.48. The van der Waals surface area contributed by atoms with Crippen LogP contribution in [0.15, 0.2) is 30.6 Å². The second-order valence-corrected chi connectivity index (χ2v) is 10.6. The van der Waals surface area contributed by atoms with Crippen molar-refractivity contribution in [3.63, 3.8) is 0 Å². The number of amides is 3. The van der Waals surface area contributed by atoms with Gasteiger partial charge in [0.15, 0.2) is 0 Å². The summed E-state index contributed by atoms with van der Waals surface area (Å²) in [6.07, 6.45) is 4.25. The molecule has 3 N–H and O–H groups in total. The number of H-pyrrole nitrogens is 1. The summed E-state index contributed by atoms with van der Waals surface area (Å²) in [6, 6.07) is 2.81. The van der Waals surface area contributed by atoms with Crippen molar-refractivity contribution < 1.29 is 18.8 Å². The number of likely N-dealkylation sites (N-methyl/N-ethyl adjacent to an activating group) is 1. The molecule has 3 heterocycles. The Labute approximate surface area is 204 Å². The van der Waals surface area contributed by atoms with Gasteiger partial charge in [0.25, 0.3) is 0 Å². The molecule has 0 spiro atoms. The van der Waals surface area contributed by atoms with Crippen LogP contribution in [0.4, 0.5) is 4.39 Å². The van der Waals surface area contributed by atoms with E-state index in [1.165, 1.54) is 19.1 Å². The fourth-order valence-corrected chi connectivity index (χ4v) is 5.12. The van der Waals surface area contributed by atoms with E-state index in [0.717, 1.165) is 16.5 Å². The molecule has 2 aromatic rings. The Bertz CT molecular complexity index is 1200. The molecule has 2 aliphatic rings. The van der Waals surface area contributed by atoms with E-state index in [-0.39, 0.29) is 35.6 Å². The Morgan fingerprint density at radius 2 is 1.94 bits per heavy atom. The molecule has 1 aromatic heterocycles. The second kappa shape index (κ2) is 9.11. The van der Waals surface area contributed by atoms with E-state index >= 15 is 0 Å². The highest BCUT2D eigenvalue weighted by Crippen LogP contribution is 2.42. The molecule has 2 aliphatic heterocycles. The third kappa shape index (κ3) is 4.45. The third-order valence-corrected chi connectivity index (χ3v) is 7.15. The fourth-order valence-electron chi connectivity index (χ4n) is 5.12. The van der Waals surface area contributed by atoms with Gasteiger partial charge in [-0.15, -0.1) is 0 Å². The van der Waals surface area contributed by atoms with Gasteiger partial charge in [0, 0.05) is 47.9 Å². The average Bonchev–Trinajstić information content (AvgIpc) is 3.48. The number of halogens is 1. The Morgan fingerprint density at radius 1 is 1.23 bits per heavy atom. The molecular weight excluding hydrogens is 449 g/mol. The summed E-state index contributed by atoms with van der Waals surface area (Å²) in [4.78, 5) is 45.8. The average molecular weight is 484 g/mol. The number of carbonyl (C=O) groups excluding carboxylic acids is 3. The van der Waals surface area contributed by atoms with E-state index in [0.29, 0.717) is 18.5 Å². The first kappa shape index (κ1) is 24.9. The number of hydrogen-bond acceptors (Lipinski definition) is 4. The maximum Gasteiger partial charge on any atom is 0.246 e. The van der Waals surface area contributed by atoms with Crippen LogP contribution in [-0.4, -0.2) is 70.3 Å². The maximum absolute atomic E-state index is 14.0. The molecule has 4 unspecified atom stereocenters. The molecule has 0 aliphatic carbocycles. The smallest absolute Gasteiger partial charge is 0.246 e. The van der Waals surface area contributed by atoms with Gasteiger partial charge in [0.05, 0.1) is 18.1 Å². The van der Waals surface area contributed by atoms with Crippen molar-refractivity contribution in [2.24, 2.45) is 5.41 Å². The summed E-state index contributed by atoms with van der Waals surface area (Å²) < 4.78 is 13.8. The summed E-state index contributed by atoms with van der Waals surface area (Å²) in [7, 11) is 1.70. The second-order valence-electron chi connectivity index (χ2n) is 10.6. The first-order valence-electron chi connectivity index (χ1n) is 12.0. The van der Waals surface area contributed by atoms with Crippen LogP contribution in [0, 0.1) is 11.2 Å². The largest absolute Gasteiger partial charge is 0.360 e. The molecule has 0 bridgehead atoms. The number of benzene rings is 1. The number of aromatic nitrogens is 1. The van der Waals surface area contributed by atoms with Crippen LogP contribution in [0.25, 0.3) is 16.5 Å². The number of aromatic amines is 1. The van der Waals surface area contributed by atoms with Crippen molar-refractivity contribution in [2.45, 2.75) is 65.2 Å². The SMILES string of the molecule is CNC(C)C(=O)NC(C(=O)N1CCC2C1C(c1c[nH]c3cc(F)ccc13)=CN2C(C)=O)C(C)(C)C. The van der Waals surface area contributed by atoms with Gasteiger partial charge in [-0.25, -0.2) is 4.39 Å². The van der Waals surface area contributed by atoms with Crippen LogP contribution in [0.2, 0.25) is 0 Å². The number of carbonyl (C=O) groups is 3. The van der Waals surface area contributed by atoms with E-state index in [2.05, 4.69) is 15.6 Å². The molecule has 8 nitrogen and oxygen atoms in total. The van der Waals surface area contributed by atoms with Crippen molar-refractivity contribution >= 4 is 34.2 Å². The van der Waals surface area contributed by atoms with Crippen LogP contribution in [-0.2, 0) is 14.4 Å². The molecule has 188 valence electrons. The fraction of sp³-hybridized carbons (Fsp3) is 0.500. The van der Waals surface area contributed by atoms with Crippen molar-refractivity contribution in [1.29, 1.82) is 0 Å². The highest BCUT2D eigenvalue weighted by molar-refractivity contribution is 5.98. The zero-order valence-corrected chi connectivity index (χ0v) is 21.1. The predicted molar refractivity (Wildman–Crippen MR) is 133 cm³/mol. The van der Waals surface area contributed by atoms with Gasteiger partial charge in [-0.2, -0.15) is 0 Å². The Balaban J connectivity index is 1.73. The normalized spacial score (nSPS) is 21.6. The Hall–Kier alpha value is -3.20. The van der Waals surface area contributed by atoms with Crippen molar-refractivity contribution in [2.75, 3.05) is 13.6 Å². The minimum atomic E-state index is -0.741. The van der Waals surface area contributed by atoms with Gasteiger partial charge in [-0.3, -0.25) is 14.4 Å². The molecular formula is C26H34FN5O3. The van der Waals surface area contributed by atoms with Gasteiger partial charge in [-0.1, -0.05) is 20.8 Å². The molecule has 0 radical (unpaired) electrons. The first-order chi connectivity index (χ1) is 16.4. The first-order valence-corrected chi connectivity index (χ1v) is 12.0. The zero-order valence-electron chi connectivity index (χ0n) is 21.1. The molecule has 4 rings (SSSR count). The summed E-state index contributed by atoms with van der Waals surface area (Å²) in [5.41, 5.74) is 1.78. The highest BCUT2D eigenvalue weighted by atomic mass is 19.1. The minimum Gasteiger partial charge on any atom is -0.360 e. The highest BCUT2D eigenvalue weighted by Gasteiger charge is 2.50. The molecule has 4 atom stereocenters. The van der Waals surface area contributed by atoms with Crippen LogP contribution in [0.3, 0.4) is 0 Å². The number of hydrogen-bond donors (Lipinski definition) is 3. The summed E-state index contributed by atoms with van der Waals surface area (Å²) >= 11 is 0. The quantitative estimate of drug-likeness (QED) is 0.609. The lowest BCUT2D eigenvalue weighted by atomic mass is 9.85. The molecule has 35 heavy (non-hydrogen) atoms. The van der Waals surface area contributed by atoms with E-state index in [4.69, 9.17) is 0 Å². The van der Waals surface area contributed by atoms with E-state index in [9.17, 15) is 18.8 Å². The summed E-state index contributed by atoms with van der Waals surface area (Å²) in [6.45, 7) is 9.51. The van der Waals surface area contributed by atoms with Gasteiger partial charge in [-0.05, 0) is 44.0 Å². The lowest BCUT2D eigenvalue weighted by molar-refractivity contribution is -0.140. The van der Waals surface area contributed by atoms with Gasteiger partial charge in [0.1, 0.15) is 11.9 Å². The minimum absolute atomic E-state index is 0.0984. The maximum atomic E-state index is 14.0. The van der Waals surface area contributed by atoms with E-state index in [1.807, 2.05) is 27.0 Å². The van der Waals surface area contributed by atoms with Crippen LogP contribution in [0.1, 0.15) is 46.6 Å². The van der Waals surface area contributed by atoms with E-state index < -0.39 is 17.5 Å². The van der Waals surface area contributed by atoms with E-state index in [1.54, 1.807) is 36.0 Å². The summed E-state index contributed by atoms with van der Waals surface area (Å²) in [5, 5.41) is 6.68. The molecule has 9 heteroatoms. The monoisotopic (exact) mass is 483 g/mol. The zero-order chi connectivity index (χ0) is 25.7. The van der Waals surface area contributed by atoms with Gasteiger partial charge < -0.3 is 25.4 Å². The molecule has 1 aromatic carbocycles. The standard InChI is InChI=1S/C26H34FN5O3/c1-14(28-6)24(34)30-23(26(3,4)5)25(35)31-10-9-21-22(31)19(13-32(21)15(2)33)18-12-29-20-11-16(27)7-8-17(18)20/h7-8,11-14,21-23,28-29H,9-10H2,1-6H3,(H,30,34). The molecule has 1 saturated heterocycles. The number of nitrogens with one attached hydrogen (secondary N) is 3. The third-order valence-electron chi connectivity index (χ3n) is 7.15. The van der Waals surface area contributed by atoms with Crippen molar-refractivity contribution in [3.8, 4) is 0 Å². The number of likely N-dealkylation sites (tertiary alicyclic amines) is 1. The Morgan fingerprint density at radius 3 is 2.57 bits per heavy atom. The lowest BCUT2D eigenvalue weighted by Gasteiger charge is -2.36. The molecule has 0 saturated carbocycles. The van der Waals surface area contributed by atoms with Crippen LogP contribution in [0.5, 0.6) is 0 Å². The predicted octanol–water partition coefficient (Wildman–Crippen LogP) is 2.62. The molecule has 1 fully saturated rings. The van der Waals surface area contributed by atoms with Crippen LogP contribution < -0.4 is 10.6 Å². The summed E-state index contributed by atoms with van der Waals surface area (Å²) in [5.74, 6) is -0.864. The number of rotatable bonds is 5. The molecule has 3 amide bonds. The van der Waals surface area contributed by atoms with Crippen molar-refractivity contribution in [1.82, 2.24) is 25.4 Å². The van der Waals surface area contributed by atoms with Crippen LogP contribution >= 0.6 is 0 Å². The van der Waals surface area contributed by atoms with Gasteiger partial charge >= 0.3 is 0 Å². The van der Waals surface area contributed by atoms with Gasteiger partial charge in [0.2, 0.25) is 17.7 Å². The lowest BCUT2D eigenvalue weighted by Crippen LogP contribution is -2.58. The number of fused-ring (bicyclic) bond motifs is 2. The van der Waals surface area contributed by atoms with Crippen molar-refractivity contribution in [3.05, 3.63) is 42.0 Å². The number of nitrogens with zero attached hydrogens (tertiary/aromatic N) is 2. The topological polar surface area (TPSA) is 97.5 Å².